The minimum Gasteiger partial charge on any atom is -0.444 e. The summed E-state index contributed by atoms with van der Waals surface area (Å²) >= 11 is 7.10. The first-order chi connectivity index (χ1) is 28.4. The number of aldehydes is 1. The lowest BCUT2D eigenvalue weighted by molar-refractivity contribution is -0.118. The molecule has 3 atom stereocenters. The third kappa shape index (κ3) is 11.6. The average molecular weight is 925 g/mol. The number of Topliss-reactive ketones (excluding diaryl/α,β-unsaturated/α-hetero) is 1. The predicted octanol–water partition coefficient (Wildman–Crippen LogP) is 10.1. The van der Waals surface area contributed by atoms with Crippen LogP contribution in [0.4, 0.5) is 0 Å². The van der Waals surface area contributed by atoms with Crippen LogP contribution in [0, 0.1) is 0 Å². The van der Waals surface area contributed by atoms with Gasteiger partial charge >= 0.3 is 0 Å². The van der Waals surface area contributed by atoms with Crippen molar-refractivity contribution in [3.8, 4) is 11.3 Å². The molecule has 0 aliphatic heterocycles. The van der Waals surface area contributed by atoms with Crippen molar-refractivity contribution in [2.24, 2.45) is 0 Å². The Morgan fingerprint density at radius 1 is 0.593 bits per heavy atom. The Bertz CT molecular complexity index is 2180. The molecule has 9 rings (SSSR count). The number of nitrogens with zero attached hydrogens (tertiary/aromatic N) is 4. The summed E-state index contributed by atoms with van der Waals surface area (Å²) in [6.07, 6.45) is 17.0. The van der Waals surface area contributed by atoms with E-state index in [1.807, 2.05) is 24.3 Å². The standard InChI is InChI=1S/C15H18N2O.C13H17NO.C12H16BrN.C10H9BrO/c1-17(2)12-7-6-11-4-3-5-13(14(11)8-12)15-9-16-10-18-15;1-14(2)12-7-6-10-4-3-5-11(9-15)13(10)8-12;1-14(2)10-7-6-9-4-3-5-12(13)11(9)8-10;11-10-3-1-2-7-4-5-8(12)6-9(7)10/h3-5,9-10,12H,6-8H2,1-2H3;3-5,9,12H,6-8H2,1-2H3;3-5,10H,6-8H2,1-2H3;1-3H,4-6H2. The molecule has 59 heavy (non-hydrogen) atoms. The van der Waals surface area contributed by atoms with Gasteiger partial charge in [0.15, 0.2) is 12.2 Å². The van der Waals surface area contributed by atoms with E-state index in [2.05, 4.69) is 142 Å². The summed E-state index contributed by atoms with van der Waals surface area (Å²) in [5, 5.41) is 0. The van der Waals surface area contributed by atoms with Gasteiger partial charge in [0, 0.05) is 51.0 Å². The highest BCUT2D eigenvalue weighted by molar-refractivity contribution is 9.10. The number of ketones is 1. The molecule has 0 saturated carbocycles. The lowest BCUT2D eigenvalue weighted by atomic mass is 9.84. The van der Waals surface area contributed by atoms with Gasteiger partial charge < -0.3 is 19.1 Å². The van der Waals surface area contributed by atoms with Gasteiger partial charge in [-0.25, -0.2) is 4.98 Å². The van der Waals surface area contributed by atoms with E-state index in [1.54, 1.807) is 6.20 Å². The van der Waals surface area contributed by atoms with Crippen molar-refractivity contribution in [2.45, 2.75) is 95.2 Å². The molecular weight excluding hydrogens is 864 g/mol. The maximum atomic E-state index is 11.2. The predicted molar refractivity (Wildman–Crippen MR) is 248 cm³/mol. The van der Waals surface area contributed by atoms with Gasteiger partial charge in [0.05, 0.1) is 6.20 Å². The summed E-state index contributed by atoms with van der Waals surface area (Å²) in [6, 6.07) is 27.1. The second-order valence-corrected chi connectivity index (χ2v) is 18.7. The molecular formula is C50H60Br2N4O3. The molecule has 1 heterocycles. The van der Waals surface area contributed by atoms with Gasteiger partial charge in [-0.3, -0.25) is 9.59 Å². The van der Waals surface area contributed by atoms with Crippen molar-refractivity contribution < 1.29 is 14.0 Å². The van der Waals surface area contributed by atoms with Gasteiger partial charge in [-0.15, -0.1) is 0 Å². The Labute approximate surface area is 368 Å². The molecule has 5 aromatic rings. The minimum atomic E-state index is 0.356. The molecule has 4 aliphatic carbocycles. The number of carbonyl (C=O) groups is 2. The van der Waals surface area contributed by atoms with Crippen LogP contribution < -0.4 is 0 Å². The summed E-state index contributed by atoms with van der Waals surface area (Å²) in [5.74, 6) is 1.24. The fourth-order valence-corrected chi connectivity index (χ4v) is 10.0. The molecule has 7 nitrogen and oxygen atoms in total. The number of hydrogen-bond acceptors (Lipinski definition) is 7. The molecule has 0 N–H and O–H groups in total. The Kier molecular flexibility index (Phi) is 16.1. The largest absolute Gasteiger partial charge is 0.444 e. The molecule has 0 amide bonds. The number of aryl methyl sites for hydroxylation is 4. The topological polar surface area (TPSA) is 69.9 Å². The molecule has 4 aliphatic rings. The number of benzene rings is 4. The van der Waals surface area contributed by atoms with E-state index in [1.165, 1.54) is 93.0 Å². The first kappa shape index (κ1) is 44.8. The van der Waals surface area contributed by atoms with Crippen LogP contribution in [0.1, 0.15) is 80.5 Å². The van der Waals surface area contributed by atoms with Crippen LogP contribution in [0.2, 0.25) is 0 Å². The maximum absolute atomic E-state index is 11.2. The quantitative estimate of drug-likeness (QED) is 0.163. The Hall–Kier alpha value is -3.73. The van der Waals surface area contributed by atoms with Gasteiger partial charge in [-0.1, -0.05) is 92.5 Å². The van der Waals surface area contributed by atoms with Crippen LogP contribution in [0.25, 0.3) is 11.3 Å². The average Bonchev–Trinajstić information content (AvgIpc) is 3.79. The van der Waals surface area contributed by atoms with E-state index < -0.39 is 0 Å². The van der Waals surface area contributed by atoms with Gasteiger partial charge in [0.2, 0.25) is 0 Å². The molecule has 0 radical (unpaired) electrons. The fraction of sp³-hybridized carbons (Fsp3) is 0.420. The Morgan fingerprint density at radius 2 is 1.07 bits per heavy atom. The summed E-state index contributed by atoms with van der Waals surface area (Å²) in [4.78, 5) is 33.0. The number of carbonyl (C=O) groups excluding carboxylic acids is 2. The first-order valence-corrected chi connectivity index (χ1v) is 22.6. The lowest BCUT2D eigenvalue weighted by Crippen LogP contribution is -2.33. The highest BCUT2D eigenvalue weighted by Crippen LogP contribution is 2.33. The molecule has 312 valence electrons. The van der Waals surface area contributed by atoms with Crippen molar-refractivity contribution in [3.05, 3.63) is 144 Å². The molecule has 0 spiro atoms. The number of likely N-dealkylation sites (N-methyl/N-ethyl adjacent to an activating group) is 3. The smallest absolute Gasteiger partial charge is 0.181 e. The Balaban J connectivity index is 0.000000134. The summed E-state index contributed by atoms with van der Waals surface area (Å²) < 4.78 is 7.81. The monoisotopic (exact) mass is 922 g/mol. The minimum absolute atomic E-state index is 0.356. The van der Waals surface area contributed by atoms with E-state index in [-0.39, 0.29) is 0 Å². The number of aromatic nitrogens is 1. The zero-order valence-corrected chi connectivity index (χ0v) is 38.8. The van der Waals surface area contributed by atoms with Gasteiger partial charge in [0.25, 0.3) is 0 Å². The van der Waals surface area contributed by atoms with Crippen molar-refractivity contribution in [1.82, 2.24) is 19.7 Å². The SMILES string of the molecule is CN(C)C1CCc2cccc(-c3cnco3)c2C1.CN(C)C1CCc2cccc(Br)c2C1.CN(C)C1CCc2cccc(C=O)c2C1.O=C1CCc2cccc(Br)c2C1. The normalized spacial score (nSPS) is 19.1. The number of fused-ring (bicyclic) bond motifs is 4. The van der Waals surface area contributed by atoms with Gasteiger partial charge in [0.1, 0.15) is 12.1 Å². The molecule has 1 aromatic heterocycles. The number of halogens is 2. The summed E-state index contributed by atoms with van der Waals surface area (Å²) in [7, 11) is 12.9. The second-order valence-electron chi connectivity index (χ2n) is 17.0. The van der Waals surface area contributed by atoms with Crippen LogP contribution in [-0.4, -0.2) is 92.2 Å². The van der Waals surface area contributed by atoms with E-state index in [0.717, 1.165) is 54.2 Å². The third-order valence-electron chi connectivity index (χ3n) is 12.6. The first-order valence-electron chi connectivity index (χ1n) is 21.0. The van der Waals surface area contributed by atoms with Crippen LogP contribution in [0.5, 0.6) is 0 Å². The zero-order valence-electron chi connectivity index (χ0n) is 35.6. The maximum Gasteiger partial charge on any atom is 0.181 e. The van der Waals surface area contributed by atoms with E-state index in [0.29, 0.717) is 36.8 Å². The van der Waals surface area contributed by atoms with Crippen molar-refractivity contribution in [1.29, 1.82) is 0 Å². The van der Waals surface area contributed by atoms with Crippen molar-refractivity contribution in [2.75, 3.05) is 42.3 Å². The molecule has 4 aromatic carbocycles. The second kappa shape index (κ2) is 21.2. The third-order valence-corrected chi connectivity index (χ3v) is 14.1. The van der Waals surface area contributed by atoms with E-state index >= 15 is 0 Å². The molecule has 0 saturated heterocycles. The zero-order chi connectivity index (χ0) is 42.1. The molecule has 0 fully saturated rings. The van der Waals surface area contributed by atoms with E-state index in [9.17, 15) is 9.59 Å². The number of rotatable bonds is 5. The summed E-state index contributed by atoms with van der Waals surface area (Å²) in [5.41, 5.74) is 13.1. The van der Waals surface area contributed by atoms with Crippen molar-refractivity contribution in [3.63, 3.8) is 0 Å². The van der Waals surface area contributed by atoms with Crippen LogP contribution in [0.3, 0.4) is 0 Å². The van der Waals surface area contributed by atoms with Gasteiger partial charge in [-0.2, -0.15) is 0 Å². The highest BCUT2D eigenvalue weighted by Gasteiger charge is 2.25. The number of hydrogen-bond donors (Lipinski definition) is 0. The lowest BCUT2D eigenvalue weighted by Gasteiger charge is -2.30. The molecule has 0 bridgehead atoms. The van der Waals surface area contributed by atoms with Crippen molar-refractivity contribution >= 4 is 43.9 Å². The van der Waals surface area contributed by atoms with Crippen LogP contribution >= 0.6 is 31.9 Å². The van der Waals surface area contributed by atoms with E-state index in [4.69, 9.17) is 4.42 Å². The Morgan fingerprint density at radius 3 is 1.61 bits per heavy atom. The van der Waals surface area contributed by atoms with Gasteiger partial charge in [-0.05, 0) is 163 Å². The summed E-state index contributed by atoms with van der Waals surface area (Å²) in [6.45, 7) is 0. The molecule has 3 unspecified atom stereocenters. The van der Waals surface area contributed by atoms with Crippen LogP contribution in [-0.2, 0) is 56.2 Å². The fourth-order valence-electron chi connectivity index (χ4n) is 8.90. The molecule has 9 heteroatoms. The number of oxazole rings is 1. The van der Waals surface area contributed by atoms with Crippen LogP contribution in [0.15, 0.2) is 98.7 Å². The highest BCUT2D eigenvalue weighted by atomic mass is 79.9.